The Balaban J connectivity index is 1.68. The van der Waals surface area contributed by atoms with E-state index in [-0.39, 0.29) is 23.6 Å². The number of nitrogens with zero attached hydrogens (tertiary/aromatic N) is 1. The maximum atomic E-state index is 13.7. The molecule has 3 nitrogen and oxygen atoms in total. The Morgan fingerprint density at radius 3 is 2.81 bits per heavy atom. The van der Waals surface area contributed by atoms with Crippen molar-refractivity contribution in [2.75, 3.05) is 5.32 Å². The van der Waals surface area contributed by atoms with E-state index in [1.165, 1.54) is 6.07 Å². The summed E-state index contributed by atoms with van der Waals surface area (Å²) in [4.78, 5) is 12.2. The first-order valence-electron chi connectivity index (χ1n) is 6.74. The number of amides is 1. The Morgan fingerprint density at radius 1 is 1.24 bits per heavy atom. The number of hydrogen-bond acceptors (Lipinski definition) is 2. The van der Waals surface area contributed by atoms with Crippen LogP contribution in [0.2, 0.25) is 0 Å². The lowest BCUT2D eigenvalue weighted by molar-refractivity contribution is -0.117. The van der Waals surface area contributed by atoms with Gasteiger partial charge in [0.2, 0.25) is 5.91 Å². The molecule has 1 aliphatic carbocycles. The van der Waals surface area contributed by atoms with Gasteiger partial charge in [0, 0.05) is 11.6 Å². The summed E-state index contributed by atoms with van der Waals surface area (Å²) in [6, 6.07) is 15.3. The molecular weight excluding hydrogens is 267 g/mol. The molecule has 2 aromatic carbocycles. The number of carbonyl (C=O) groups excluding carboxylic acids is 1. The van der Waals surface area contributed by atoms with Crippen molar-refractivity contribution in [3.8, 4) is 6.07 Å². The van der Waals surface area contributed by atoms with E-state index in [2.05, 4.69) is 5.32 Å². The minimum atomic E-state index is -0.260. The smallest absolute Gasteiger partial charge is 0.228 e. The Labute approximate surface area is 122 Å². The number of rotatable bonds is 3. The molecule has 104 valence electrons. The molecule has 2 atom stereocenters. The predicted octanol–water partition coefficient (Wildman–Crippen LogP) is 3.44. The molecule has 1 aliphatic rings. The molecule has 0 spiro atoms. The molecule has 0 bridgehead atoms. The van der Waals surface area contributed by atoms with Gasteiger partial charge in [0.15, 0.2) is 0 Å². The standard InChI is InChI=1S/C17H13FN2O/c18-16-7-2-1-6-13(16)14-9-15(14)17(21)20-12-5-3-4-11(8-12)10-19/h1-8,14-15H,9H2,(H,20,21). The number of nitrogens with one attached hydrogen (secondary N) is 1. The Hall–Kier alpha value is -2.67. The van der Waals surface area contributed by atoms with E-state index in [1.54, 1.807) is 42.5 Å². The molecule has 0 aromatic heterocycles. The van der Waals surface area contributed by atoms with Crippen molar-refractivity contribution in [2.45, 2.75) is 12.3 Å². The topological polar surface area (TPSA) is 52.9 Å². The highest BCUT2D eigenvalue weighted by molar-refractivity contribution is 5.95. The van der Waals surface area contributed by atoms with Crippen LogP contribution in [0.3, 0.4) is 0 Å². The molecule has 2 unspecified atom stereocenters. The minimum Gasteiger partial charge on any atom is -0.326 e. The van der Waals surface area contributed by atoms with Gasteiger partial charge in [0.1, 0.15) is 5.82 Å². The van der Waals surface area contributed by atoms with Crippen LogP contribution in [-0.4, -0.2) is 5.91 Å². The zero-order chi connectivity index (χ0) is 14.8. The number of benzene rings is 2. The Morgan fingerprint density at radius 2 is 2.05 bits per heavy atom. The normalized spacial score (nSPS) is 19.6. The van der Waals surface area contributed by atoms with Gasteiger partial charge >= 0.3 is 0 Å². The van der Waals surface area contributed by atoms with Gasteiger partial charge in [-0.15, -0.1) is 0 Å². The molecule has 2 aromatic rings. The fourth-order valence-electron chi connectivity index (χ4n) is 2.51. The summed E-state index contributed by atoms with van der Waals surface area (Å²) in [6.45, 7) is 0. The Kier molecular flexibility index (Phi) is 3.41. The molecule has 3 rings (SSSR count). The number of hydrogen-bond donors (Lipinski definition) is 1. The van der Waals surface area contributed by atoms with E-state index in [9.17, 15) is 9.18 Å². The van der Waals surface area contributed by atoms with Crippen LogP contribution in [0, 0.1) is 23.1 Å². The van der Waals surface area contributed by atoms with Crippen LogP contribution in [0.4, 0.5) is 10.1 Å². The molecule has 1 N–H and O–H groups in total. The second-order valence-electron chi connectivity index (χ2n) is 5.15. The second-order valence-corrected chi connectivity index (χ2v) is 5.15. The van der Waals surface area contributed by atoms with Crippen molar-refractivity contribution in [3.63, 3.8) is 0 Å². The van der Waals surface area contributed by atoms with Crippen molar-refractivity contribution >= 4 is 11.6 Å². The van der Waals surface area contributed by atoms with E-state index >= 15 is 0 Å². The molecule has 0 radical (unpaired) electrons. The summed E-state index contributed by atoms with van der Waals surface area (Å²) in [5.74, 6) is -0.638. The van der Waals surface area contributed by atoms with Gasteiger partial charge in [0.25, 0.3) is 0 Å². The largest absolute Gasteiger partial charge is 0.326 e. The summed E-state index contributed by atoms with van der Waals surface area (Å²) in [5.41, 5.74) is 1.69. The van der Waals surface area contributed by atoms with Gasteiger partial charge < -0.3 is 5.32 Å². The fraction of sp³-hybridized carbons (Fsp3) is 0.176. The summed E-state index contributed by atoms with van der Waals surface area (Å²) >= 11 is 0. The number of anilines is 1. The molecule has 21 heavy (non-hydrogen) atoms. The maximum Gasteiger partial charge on any atom is 0.228 e. The van der Waals surface area contributed by atoms with Crippen LogP contribution in [-0.2, 0) is 4.79 Å². The third-order valence-electron chi connectivity index (χ3n) is 3.69. The first-order valence-corrected chi connectivity index (χ1v) is 6.74. The first-order chi connectivity index (χ1) is 10.2. The molecule has 1 amide bonds. The van der Waals surface area contributed by atoms with Gasteiger partial charge in [-0.05, 0) is 42.2 Å². The lowest BCUT2D eigenvalue weighted by Crippen LogP contribution is -2.14. The van der Waals surface area contributed by atoms with Crippen molar-refractivity contribution in [2.24, 2.45) is 5.92 Å². The van der Waals surface area contributed by atoms with E-state index < -0.39 is 0 Å². The molecule has 0 saturated heterocycles. The zero-order valence-electron chi connectivity index (χ0n) is 11.2. The first kappa shape index (κ1) is 13.3. The van der Waals surface area contributed by atoms with Crippen molar-refractivity contribution in [1.82, 2.24) is 0 Å². The second kappa shape index (κ2) is 5.37. The molecule has 4 heteroatoms. The van der Waals surface area contributed by atoms with E-state index in [1.807, 2.05) is 6.07 Å². The summed E-state index contributed by atoms with van der Waals surface area (Å²) in [5, 5.41) is 11.6. The Bertz CT molecular complexity index is 736. The molecule has 0 heterocycles. The zero-order valence-corrected chi connectivity index (χ0v) is 11.2. The maximum absolute atomic E-state index is 13.7. The van der Waals surface area contributed by atoms with Crippen LogP contribution in [0.1, 0.15) is 23.5 Å². The van der Waals surface area contributed by atoms with E-state index in [0.717, 1.165) is 0 Å². The van der Waals surface area contributed by atoms with Crippen LogP contribution >= 0.6 is 0 Å². The fourth-order valence-corrected chi connectivity index (χ4v) is 2.51. The van der Waals surface area contributed by atoms with E-state index in [0.29, 0.717) is 23.2 Å². The van der Waals surface area contributed by atoms with E-state index in [4.69, 9.17) is 5.26 Å². The summed E-state index contributed by atoms with van der Waals surface area (Å²) in [6.07, 6.45) is 0.657. The summed E-state index contributed by atoms with van der Waals surface area (Å²) < 4.78 is 13.7. The van der Waals surface area contributed by atoms with Crippen molar-refractivity contribution in [3.05, 3.63) is 65.5 Å². The molecule has 1 saturated carbocycles. The van der Waals surface area contributed by atoms with Crippen molar-refractivity contribution < 1.29 is 9.18 Å². The average Bonchev–Trinajstić information content (AvgIpc) is 3.28. The molecular formula is C17H13FN2O. The van der Waals surface area contributed by atoms with Crippen molar-refractivity contribution in [1.29, 1.82) is 5.26 Å². The highest BCUT2D eigenvalue weighted by Gasteiger charge is 2.45. The third kappa shape index (κ3) is 2.77. The van der Waals surface area contributed by atoms with Crippen LogP contribution in [0.25, 0.3) is 0 Å². The predicted molar refractivity (Wildman–Crippen MR) is 77.0 cm³/mol. The number of nitriles is 1. The van der Waals surface area contributed by atoms with Gasteiger partial charge in [-0.3, -0.25) is 4.79 Å². The van der Waals surface area contributed by atoms with Gasteiger partial charge in [0.05, 0.1) is 11.6 Å². The highest BCUT2D eigenvalue weighted by Crippen LogP contribution is 2.48. The molecule has 0 aliphatic heterocycles. The quantitative estimate of drug-likeness (QED) is 0.936. The number of halogens is 1. The van der Waals surface area contributed by atoms with Gasteiger partial charge in [-0.25, -0.2) is 4.39 Å². The average molecular weight is 280 g/mol. The van der Waals surface area contributed by atoms with Gasteiger partial charge in [-0.2, -0.15) is 5.26 Å². The van der Waals surface area contributed by atoms with Crippen LogP contribution in [0.5, 0.6) is 0 Å². The monoisotopic (exact) mass is 280 g/mol. The van der Waals surface area contributed by atoms with Gasteiger partial charge in [-0.1, -0.05) is 24.3 Å². The van der Waals surface area contributed by atoms with Crippen LogP contribution in [0.15, 0.2) is 48.5 Å². The third-order valence-corrected chi connectivity index (χ3v) is 3.69. The highest BCUT2D eigenvalue weighted by atomic mass is 19.1. The lowest BCUT2D eigenvalue weighted by Gasteiger charge is -2.05. The molecule has 1 fully saturated rings. The van der Waals surface area contributed by atoms with Crippen LogP contribution < -0.4 is 5.32 Å². The number of carbonyl (C=O) groups is 1. The SMILES string of the molecule is N#Cc1cccc(NC(=O)C2CC2c2ccccc2F)c1. The summed E-state index contributed by atoms with van der Waals surface area (Å²) in [7, 11) is 0. The minimum absolute atomic E-state index is 0.0506. The lowest BCUT2D eigenvalue weighted by atomic mass is 10.1.